The molecule has 40 heavy (non-hydrogen) atoms. The van der Waals surface area contributed by atoms with Gasteiger partial charge in [0.2, 0.25) is 0 Å². The number of nitrogens with zero attached hydrogens (tertiary/aromatic N) is 2. The van der Waals surface area contributed by atoms with E-state index in [2.05, 4.69) is 10.3 Å². The molecule has 10 heteroatoms. The van der Waals surface area contributed by atoms with Crippen LogP contribution in [0, 0.1) is 11.7 Å². The lowest BCUT2D eigenvalue weighted by molar-refractivity contribution is -0.121. The SMILES string of the molecule is COCCC(=O)CC1CCC(c2cnc(N)c(-c3ccc(C(=O)N[C@H](CO)c4cccc(Cl)c4)c(F)c3)n2)CC1. The second-order valence-electron chi connectivity index (χ2n) is 10.2. The topological polar surface area (TPSA) is 127 Å². The highest BCUT2D eigenvalue weighted by molar-refractivity contribution is 6.30. The Bertz CT molecular complexity index is 1350. The van der Waals surface area contributed by atoms with Gasteiger partial charge in [0.25, 0.3) is 5.91 Å². The van der Waals surface area contributed by atoms with Gasteiger partial charge in [-0.25, -0.2) is 14.4 Å². The number of ketones is 1. The molecule has 3 aromatic rings. The molecule has 0 spiro atoms. The minimum Gasteiger partial charge on any atom is -0.394 e. The molecule has 1 atom stereocenters. The summed E-state index contributed by atoms with van der Waals surface area (Å²) in [7, 11) is 1.59. The minimum atomic E-state index is -0.748. The molecular formula is C30H34ClFN4O4. The first kappa shape index (κ1) is 29.6. The summed E-state index contributed by atoms with van der Waals surface area (Å²) in [6, 6.07) is 10.2. The standard InChI is InChI=1S/C30H34ClFN4O4/c1-40-12-11-23(38)13-18-5-7-19(8-6-18)26-16-34-29(33)28(35-26)21-9-10-24(25(32)15-21)30(39)36-27(17-37)20-3-2-4-22(31)14-20/h2-4,9-10,14-16,18-19,27,37H,5-8,11-13,17H2,1H3,(H2,33,34)(H,36,39)/t18?,19?,27-/m1/s1. The van der Waals surface area contributed by atoms with E-state index in [0.717, 1.165) is 31.4 Å². The fourth-order valence-corrected chi connectivity index (χ4v) is 5.36. The van der Waals surface area contributed by atoms with E-state index in [9.17, 15) is 14.7 Å². The zero-order chi connectivity index (χ0) is 28.6. The van der Waals surface area contributed by atoms with Gasteiger partial charge in [-0.1, -0.05) is 29.8 Å². The van der Waals surface area contributed by atoms with Crippen LogP contribution in [0.5, 0.6) is 0 Å². The van der Waals surface area contributed by atoms with Gasteiger partial charge < -0.3 is 20.9 Å². The van der Waals surface area contributed by atoms with Crippen molar-refractivity contribution in [2.75, 3.05) is 26.1 Å². The number of carbonyl (C=O) groups is 2. The van der Waals surface area contributed by atoms with Gasteiger partial charge in [0.15, 0.2) is 0 Å². The second kappa shape index (κ2) is 13.8. The van der Waals surface area contributed by atoms with Crippen LogP contribution < -0.4 is 11.1 Å². The first-order valence-electron chi connectivity index (χ1n) is 13.4. The lowest BCUT2D eigenvalue weighted by atomic mass is 9.78. The summed E-state index contributed by atoms with van der Waals surface area (Å²) in [5, 5.41) is 12.9. The maximum Gasteiger partial charge on any atom is 0.254 e. The van der Waals surface area contributed by atoms with Crippen molar-refractivity contribution in [1.29, 1.82) is 0 Å². The van der Waals surface area contributed by atoms with E-state index in [1.807, 2.05) is 0 Å². The van der Waals surface area contributed by atoms with E-state index in [-0.39, 0.29) is 29.7 Å². The quantitative estimate of drug-likeness (QED) is 0.288. The largest absolute Gasteiger partial charge is 0.394 e. The van der Waals surface area contributed by atoms with E-state index in [1.165, 1.54) is 12.1 Å². The molecule has 212 valence electrons. The number of ether oxygens (including phenoxy) is 1. The van der Waals surface area contributed by atoms with Crippen LogP contribution in [0.1, 0.15) is 72.1 Å². The molecule has 1 aliphatic rings. The van der Waals surface area contributed by atoms with Crippen molar-refractivity contribution in [3.8, 4) is 11.3 Å². The molecule has 1 aliphatic carbocycles. The Morgan fingerprint density at radius 2 is 1.98 bits per heavy atom. The van der Waals surface area contributed by atoms with Crippen LogP contribution in [0.15, 0.2) is 48.7 Å². The van der Waals surface area contributed by atoms with Crippen LogP contribution in [-0.2, 0) is 9.53 Å². The molecule has 1 heterocycles. The lowest BCUT2D eigenvalue weighted by Crippen LogP contribution is -2.31. The number of rotatable bonds is 11. The van der Waals surface area contributed by atoms with Crippen LogP contribution in [0.25, 0.3) is 11.3 Å². The van der Waals surface area contributed by atoms with Crippen molar-refractivity contribution in [2.24, 2.45) is 5.92 Å². The van der Waals surface area contributed by atoms with E-state index in [0.29, 0.717) is 47.2 Å². The highest BCUT2D eigenvalue weighted by Crippen LogP contribution is 2.37. The minimum absolute atomic E-state index is 0.166. The predicted octanol–water partition coefficient (Wildman–Crippen LogP) is 5.25. The Balaban J connectivity index is 1.44. The van der Waals surface area contributed by atoms with E-state index < -0.39 is 17.8 Å². The molecule has 0 saturated heterocycles. The van der Waals surface area contributed by atoms with Crippen LogP contribution in [0.4, 0.5) is 10.2 Å². The molecule has 2 aromatic carbocycles. The van der Waals surface area contributed by atoms with Gasteiger partial charge in [0.05, 0.1) is 36.7 Å². The number of halogens is 2. The van der Waals surface area contributed by atoms with Gasteiger partial charge in [-0.05, 0) is 61.4 Å². The van der Waals surface area contributed by atoms with Crippen LogP contribution in [0.2, 0.25) is 5.02 Å². The van der Waals surface area contributed by atoms with E-state index in [4.69, 9.17) is 27.1 Å². The molecule has 1 amide bonds. The summed E-state index contributed by atoms with van der Waals surface area (Å²) in [4.78, 5) is 34.0. The highest BCUT2D eigenvalue weighted by atomic mass is 35.5. The summed E-state index contributed by atoms with van der Waals surface area (Å²) >= 11 is 6.02. The molecule has 4 N–H and O–H groups in total. The maximum absolute atomic E-state index is 15.2. The van der Waals surface area contributed by atoms with Crippen molar-refractivity contribution in [3.63, 3.8) is 0 Å². The lowest BCUT2D eigenvalue weighted by Gasteiger charge is -2.28. The first-order chi connectivity index (χ1) is 19.3. The average Bonchev–Trinajstić information content (AvgIpc) is 2.95. The van der Waals surface area contributed by atoms with Crippen molar-refractivity contribution in [1.82, 2.24) is 15.3 Å². The molecule has 1 fully saturated rings. The number of nitrogens with one attached hydrogen (secondary N) is 1. The van der Waals surface area contributed by atoms with Crippen LogP contribution >= 0.6 is 11.6 Å². The molecule has 8 nitrogen and oxygen atoms in total. The normalized spacial score (nSPS) is 17.8. The van der Waals surface area contributed by atoms with Crippen molar-refractivity contribution in [2.45, 2.75) is 50.5 Å². The third-order valence-electron chi connectivity index (χ3n) is 7.41. The number of hydrogen-bond acceptors (Lipinski definition) is 7. The summed E-state index contributed by atoms with van der Waals surface area (Å²) in [6.45, 7) is 0.0765. The molecule has 4 rings (SSSR count). The Morgan fingerprint density at radius 3 is 2.65 bits per heavy atom. The molecule has 0 aliphatic heterocycles. The summed E-state index contributed by atoms with van der Waals surface area (Å²) in [5.74, 6) is -0.487. The number of amides is 1. The van der Waals surface area contributed by atoms with Gasteiger partial charge >= 0.3 is 0 Å². The Hall–Kier alpha value is -3.40. The first-order valence-corrected chi connectivity index (χ1v) is 13.8. The summed E-state index contributed by atoms with van der Waals surface area (Å²) in [6.07, 6.45) is 6.30. The van der Waals surface area contributed by atoms with Gasteiger partial charge in [-0.2, -0.15) is 0 Å². The van der Waals surface area contributed by atoms with Gasteiger partial charge in [0.1, 0.15) is 23.1 Å². The third kappa shape index (κ3) is 7.41. The zero-order valence-corrected chi connectivity index (χ0v) is 23.2. The number of aliphatic hydroxyl groups excluding tert-OH is 1. The monoisotopic (exact) mass is 568 g/mol. The smallest absolute Gasteiger partial charge is 0.254 e. The number of aromatic nitrogens is 2. The number of nitrogens with two attached hydrogens (primary N) is 1. The number of anilines is 1. The number of aliphatic hydroxyl groups is 1. The number of methoxy groups -OCH3 is 1. The fourth-order valence-electron chi connectivity index (χ4n) is 5.16. The number of Topliss-reactive ketones (excluding diaryl/α,β-unsaturated/α-hetero) is 1. The van der Waals surface area contributed by atoms with Crippen LogP contribution in [0.3, 0.4) is 0 Å². The Labute approximate surface area is 238 Å². The van der Waals surface area contributed by atoms with Crippen molar-refractivity contribution in [3.05, 3.63) is 76.3 Å². The molecule has 1 aromatic heterocycles. The second-order valence-corrected chi connectivity index (χ2v) is 10.6. The molecule has 0 radical (unpaired) electrons. The number of nitrogen functional groups attached to an aromatic ring is 1. The third-order valence-corrected chi connectivity index (χ3v) is 7.65. The summed E-state index contributed by atoms with van der Waals surface area (Å²) in [5.41, 5.74) is 8.09. The fraction of sp³-hybridized carbons (Fsp3) is 0.400. The Kier molecular flexibility index (Phi) is 10.2. The molecule has 0 unspecified atom stereocenters. The highest BCUT2D eigenvalue weighted by Gasteiger charge is 2.26. The van der Waals surface area contributed by atoms with Gasteiger partial charge in [-0.3, -0.25) is 9.59 Å². The van der Waals surface area contributed by atoms with Crippen molar-refractivity contribution >= 4 is 29.1 Å². The number of benzene rings is 2. The zero-order valence-electron chi connectivity index (χ0n) is 22.4. The maximum atomic E-state index is 15.2. The van der Waals surface area contributed by atoms with Crippen LogP contribution in [-0.4, -0.2) is 47.1 Å². The van der Waals surface area contributed by atoms with Gasteiger partial charge in [-0.15, -0.1) is 0 Å². The molecule has 0 bridgehead atoms. The van der Waals surface area contributed by atoms with Gasteiger partial charge in [0, 0.05) is 36.5 Å². The Morgan fingerprint density at radius 1 is 1.20 bits per heavy atom. The van der Waals surface area contributed by atoms with E-state index >= 15 is 4.39 Å². The van der Waals surface area contributed by atoms with E-state index in [1.54, 1.807) is 43.6 Å². The number of hydrogen-bond donors (Lipinski definition) is 3. The van der Waals surface area contributed by atoms with Crippen molar-refractivity contribution < 1.29 is 23.8 Å². The predicted molar refractivity (Wildman–Crippen MR) is 151 cm³/mol. The average molecular weight is 569 g/mol. The molecular weight excluding hydrogens is 535 g/mol. The number of carbonyl (C=O) groups excluding carboxylic acids is 2. The molecule has 1 saturated carbocycles. The summed E-state index contributed by atoms with van der Waals surface area (Å²) < 4.78 is 20.1.